The lowest BCUT2D eigenvalue weighted by molar-refractivity contribution is -0.122. The van der Waals surface area contributed by atoms with Crippen molar-refractivity contribution in [1.82, 2.24) is 5.32 Å². The third kappa shape index (κ3) is 9.56. The number of rotatable bonds is 12. The molecule has 0 unspecified atom stereocenters. The molecule has 0 aromatic rings. The van der Waals surface area contributed by atoms with Gasteiger partial charge in [0.15, 0.2) is 0 Å². The molecule has 0 aliphatic carbocycles. The number of carbonyl (C=O) groups excluding carboxylic acids is 1. The number of carbonyl (C=O) groups is 1. The summed E-state index contributed by atoms with van der Waals surface area (Å²) >= 11 is 0. The lowest BCUT2D eigenvalue weighted by Crippen LogP contribution is -2.26. The van der Waals surface area contributed by atoms with E-state index in [1.54, 1.807) is 13.8 Å². The summed E-state index contributed by atoms with van der Waals surface area (Å²) in [5, 5.41) is 3.02. The molecule has 0 rings (SSSR count). The fraction of sp³-hybridized carbons (Fsp3) is 0.900. The van der Waals surface area contributed by atoms with Gasteiger partial charge in [-0.2, -0.15) is 0 Å². The maximum Gasteiger partial charge on any atom is 0.331 e. The van der Waals surface area contributed by atoms with E-state index in [1.165, 1.54) is 0 Å². The van der Waals surface area contributed by atoms with E-state index in [0.717, 1.165) is 0 Å². The van der Waals surface area contributed by atoms with Crippen molar-refractivity contribution in [3.63, 3.8) is 0 Å². The molecule has 0 bridgehead atoms. The summed E-state index contributed by atoms with van der Waals surface area (Å²) in [7, 11) is -2.97. The van der Waals surface area contributed by atoms with E-state index in [9.17, 15) is 9.36 Å². The molecule has 0 aromatic heterocycles. The zero-order chi connectivity index (χ0) is 13.9. The smallest absolute Gasteiger partial charge is 0.331 e. The molecule has 1 amide bonds. The Bertz CT molecular complexity index is 265. The Kier molecular flexibility index (Phi) is 10.2. The molecule has 8 heteroatoms. The van der Waals surface area contributed by atoms with E-state index < -0.39 is 13.5 Å². The van der Waals surface area contributed by atoms with Gasteiger partial charge in [-0.1, -0.05) is 0 Å². The average molecular weight is 282 g/mol. The van der Waals surface area contributed by atoms with Crippen molar-refractivity contribution in [2.24, 2.45) is 5.73 Å². The van der Waals surface area contributed by atoms with Crippen LogP contribution in [0, 0.1) is 0 Å². The van der Waals surface area contributed by atoms with Gasteiger partial charge in [0.05, 0.1) is 26.0 Å². The molecule has 3 N–H and O–H groups in total. The molecule has 0 spiro atoms. The third-order valence-electron chi connectivity index (χ3n) is 1.88. The van der Waals surface area contributed by atoms with Crippen LogP contribution in [0.25, 0.3) is 0 Å². The second-order valence-corrected chi connectivity index (χ2v) is 5.62. The summed E-state index contributed by atoms with van der Waals surface area (Å²) in [6, 6.07) is 0. The molecule has 0 saturated heterocycles. The Labute approximate surface area is 108 Å². The van der Waals surface area contributed by atoms with Crippen molar-refractivity contribution in [3.8, 4) is 0 Å². The molecule has 0 radical (unpaired) electrons. The first-order chi connectivity index (χ1) is 8.54. The summed E-state index contributed by atoms with van der Waals surface area (Å²) < 4.78 is 27.2. The predicted octanol–water partition coefficient (Wildman–Crippen LogP) is 0.344. The van der Waals surface area contributed by atoms with E-state index >= 15 is 0 Å². The van der Waals surface area contributed by atoms with E-state index in [1.807, 2.05) is 0 Å². The normalized spacial score (nSPS) is 11.7. The van der Waals surface area contributed by atoms with Crippen LogP contribution >= 0.6 is 7.60 Å². The van der Waals surface area contributed by atoms with Crippen molar-refractivity contribution < 1.29 is 23.1 Å². The van der Waals surface area contributed by atoms with Gasteiger partial charge >= 0.3 is 7.60 Å². The van der Waals surface area contributed by atoms with Crippen LogP contribution in [0.15, 0.2) is 0 Å². The largest absolute Gasteiger partial charge is 0.370 e. The zero-order valence-electron chi connectivity index (χ0n) is 11.0. The lowest BCUT2D eigenvalue weighted by Gasteiger charge is -2.16. The molecular weight excluding hydrogens is 259 g/mol. The number of hydrogen-bond donors (Lipinski definition) is 2. The van der Waals surface area contributed by atoms with Gasteiger partial charge in [0.2, 0.25) is 5.91 Å². The number of hydrogen-bond acceptors (Lipinski definition) is 6. The first kappa shape index (κ1) is 17.5. The van der Waals surface area contributed by atoms with Crippen molar-refractivity contribution >= 4 is 13.5 Å². The number of primary amides is 1. The maximum atomic E-state index is 12.0. The Morgan fingerprint density at radius 2 is 1.83 bits per heavy atom. The molecule has 108 valence electrons. The second kappa shape index (κ2) is 10.5. The summed E-state index contributed by atoms with van der Waals surface area (Å²) in [4.78, 5) is 10.4. The van der Waals surface area contributed by atoms with E-state index in [4.69, 9.17) is 19.5 Å². The standard InChI is InChI=1S/C10H23N2O5P/c1-3-16-18(14,17-4-2)8-6-12-5-7-15-9-10(11)13/h12H,3-9H2,1-2H3,(H2,11,13). The van der Waals surface area contributed by atoms with Crippen LogP contribution in [0.4, 0.5) is 0 Å². The number of amides is 1. The van der Waals surface area contributed by atoms with E-state index in [2.05, 4.69) is 5.32 Å². The summed E-state index contributed by atoms with van der Waals surface area (Å²) in [5.74, 6) is -0.493. The lowest BCUT2D eigenvalue weighted by atomic mass is 10.6. The molecule has 0 aliphatic heterocycles. The van der Waals surface area contributed by atoms with Crippen LogP contribution in [0.5, 0.6) is 0 Å². The minimum atomic E-state index is -2.97. The maximum absolute atomic E-state index is 12.0. The van der Waals surface area contributed by atoms with E-state index in [0.29, 0.717) is 39.1 Å². The quantitative estimate of drug-likeness (QED) is 0.395. The number of nitrogens with one attached hydrogen (secondary N) is 1. The van der Waals surface area contributed by atoms with Gasteiger partial charge in [-0.3, -0.25) is 9.36 Å². The Hall–Kier alpha value is -0.460. The highest BCUT2D eigenvalue weighted by molar-refractivity contribution is 7.53. The second-order valence-electron chi connectivity index (χ2n) is 3.44. The first-order valence-electron chi connectivity index (χ1n) is 5.99. The van der Waals surface area contributed by atoms with Gasteiger partial charge in [0.1, 0.15) is 6.61 Å². The monoisotopic (exact) mass is 282 g/mol. The summed E-state index contributed by atoms with van der Waals surface area (Å²) in [6.07, 6.45) is 0.310. The van der Waals surface area contributed by atoms with Gasteiger partial charge in [0, 0.05) is 13.1 Å². The molecule has 0 aliphatic rings. The number of nitrogens with two attached hydrogens (primary N) is 1. The predicted molar refractivity (Wildman–Crippen MR) is 68.6 cm³/mol. The zero-order valence-corrected chi connectivity index (χ0v) is 11.9. The number of ether oxygens (including phenoxy) is 1. The highest BCUT2D eigenvalue weighted by Gasteiger charge is 2.22. The molecule has 0 saturated carbocycles. The fourth-order valence-corrected chi connectivity index (χ4v) is 2.77. The van der Waals surface area contributed by atoms with Crippen molar-refractivity contribution in [3.05, 3.63) is 0 Å². The van der Waals surface area contributed by atoms with Crippen LogP contribution in [0.1, 0.15) is 13.8 Å². The highest BCUT2D eigenvalue weighted by Crippen LogP contribution is 2.47. The van der Waals surface area contributed by atoms with Gasteiger partial charge < -0.3 is 24.8 Å². The van der Waals surface area contributed by atoms with Crippen LogP contribution in [0.3, 0.4) is 0 Å². The van der Waals surface area contributed by atoms with Crippen molar-refractivity contribution in [2.45, 2.75) is 13.8 Å². The van der Waals surface area contributed by atoms with Crippen molar-refractivity contribution in [2.75, 3.05) is 45.7 Å². The fourth-order valence-electron chi connectivity index (χ4n) is 1.22. The van der Waals surface area contributed by atoms with E-state index in [-0.39, 0.29) is 6.61 Å². The summed E-state index contributed by atoms with van der Waals surface area (Å²) in [6.45, 7) is 5.60. The molecule has 7 nitrogen and oxygen atoms in total. The first-order valence-corrected chi connectivity index (χ1v) is 7.71. The third-order valence-corrected chi connectivity index (χ3v) is 3.96. The SMILES string of the molecule is CCOP(=O)(CCNCCOCC(N)=O)OCC. The minimum Gasteiger partial charge on any atom is -0.370 e. The summed E-state index contributed by atoms with van der Waals surface area (Å²) in [5.41, 5.74) is 4.90. The van der Waals surface area contributed by atoms with Crippen molar-refractivity contribution in [1.29, 1.82) is 0 Å². The van der Waals surface area contributed by atoms with Crippen LogP contribution in [-0.2, 0) is 23.1 Å². The molecule has 0 heterocycles. The molecule has 0 atom stereocenters. The Morgan fingerprint density at radius 3 is 2.33 bits per heavy atom. The van der Waals surface area contributed by atoms with Gasteiger partial charge in [0.25, 0.3) is 0 Å². The van der Waals surface area contributed by atoms with Crippen LogP contribution in [0.2, 0.25) is 0 Å². The van der Waals surface area contributed by atoms with Crippen LogP contribution in [-0.4, -0.2) is 51.6 Å². The molecular formula is C10H23N2O5P. The van der Waals surface area contributed by atoms with Gasteiger partial charge in [-0.05, 0) is 13.8 Å². The topological polar surface area (TPSA) is 99.9 Å². The molecule has 18 heavy (non-hydrogen) atoms. The van der Waals surface area contributed by atoms with Crippen LogP contribution < -0.4 is 11.1 Å². The Balaban J connectivity index is 3.61. The van der Waals surface area contributed by atoms with Gasteiger partial charge in [-0.15, -0.1) is 0 Å². The highest BCUT2D eigenvalue weighted by atomic mass is 31.2. The average Bonchev–Trinajstić information content (AvgIpc) is 2.28. The minimum absolute atomic E-state index is 0.0853. The van der Waals surface area contributed by atoms with Gasteiger partial charge in [-0.25, -0.2) is 0 Å². The molecule has 0 fully saturated rings. The Morgan fingerprint density at radius 1 is 1.22 bits per heavy atom. The molecule has 0 aromatic carbocycles.